The van der Waals surface area contributed by atoms with Crippen LogP contribution in [0.3, 0.4) is 0 Å². The zero-order valence-corrected chi connectivity index (χ0v) is 28.0. The van der Waals surface area contributed by atoms with Crippen LogP contribution in [-0.4, -0.2) is 15.0 Å². The minimum Gasteiger partial charge on any atom is -0.456 e. The van der Waals surface area contributed by atoms with E-state index in [-0.39, 0.29) is 0 Å². The minimum atomic E-state index is -0.494. The molecule has 11 rings (SSSR count). The van der Waals surface area contributed by atoms with Crippen molar-refractivity contribution in [1.82, 2.24) is 15.0 Å². The van der Waals surface area contributed by atoms with Gasteiger partial charge in [0.2, 0.25) is 0 Å². The number of benzene rings is 7. The highest BCUT2D eigenvalue weighted by Crippen LogP contribution is 2.65. The van der Waals surface area contributed by atoms with Crippen LogP contribution in [0.15, 0.2) is 180 Å². The molecule has 4 heteroatoms. The van der Waals surface area contributed by atoms with E-state index in [9.17, 15) is 0 Å². The highest BCUT2D eigenvalue weighted by molar-refractivity contribution is 6.02. The summed E-state index contributed by atoms with van der Waals surface area (Å²) < 4.78 is 6.68. The van der Waals surface area contributed by atoms with Crippen molar-refractivity contribution in [1.29, 1.82) is 0 Å². The fourth-order valence-electron chi connectivity index (χ4n) is 8.62. The maximum absolute atomic E-state index is 6.68. The first kappa shape index (κ1) is 28.9. The summed E-state index contributed by atoms with van der Waals surface area (Å²) in [4.78, 5) is 15.1. The predicted octanol–water partition coefficient (Wildman–Crippen LogP) is 11.6. The Morgan fingerprint density at radius 2 is 0.885 bits per heavy atom. The van der Waals surface area contributed by atoms with Gasteiger partial charge in [0.15, 0.2) is 17.5 Å². The van der Waals surface area contributed by atoms with E-state index < -0.39 is 5.41 Å². The highest BCUT2D eigenvalue weighted by Gasteiger charge is 2.54. The lowest BCUT2D eigenvalue weighted by atomic mass is 9.70. The van der Waals surface area contributed by atoms with E-state index in [1.165, 1.54) is 33.4 Å². The van der Waals surface area contributed by atoms with Crippen LogP contribution in [0.1, 0.15) is 22.3 Å². The number of hydrogen-bond donors (Lipinski definition) is 0. The largest absolute Gasteiger partial charge is 0.456 e. The van der Waals surface area contributed by atoms with E-state index in [0.717, 1.165) is 50.1 Å². The van der Waals surface area contributed by atoms with E-state index in [2.05, 4.69) is 115 Å². The molecule has 0 aliphatic heterocycles. The molecule has 0 fully saturated rings. The molecule has 1 spiro atoms. The second kappa shape index (κ2) is 11.0. The summed E-state index contributed by atoms with van der Waals surface area (Å²) in [5.41, 5.74) is 14.1. The quantitative estimate of drug-likeness (QED) is 0.188. The molecule has 9 aromatic rings. The Balaban J connectivity index is 1.14. The third-order valence-electron chi connectivity index (χ3n) is 10.8. The lowest BCUT2D eigenvalue weighted by molar-refractivity contribution is 0.628. The SMILES string of the molecule is c1ccc(-c2nc(-c3ccccc3)nc(-c3ccccc3-c3ccc4c(c3)-c3ccccc3C43c4ccccc4-c4oc5ccccc5c43)n2)cc1. The molecule has 52 heavy (non-hydrogen) atoms. The van der Waals surface area contributed by atoms with Gasteiger partial charge >= 0.3 is 0 Å². The van der Waals surface area contributed by atoms with E-state index in [0.29, 0.717) is 17.5 Å². The van der Waals surface area contributed by atoms with Crippen molar-refractivity contribution in [3.8, 4) is 67.7 Å². The number of rotatable bonds is 4. The standard InChI is InChI=1S/C48H29N3O/c1-3-15-30(16-4-1)45-49-46(31-17-5-2-6-18-31)51-47(50-45)35-21-8-7-19-33(35)32-27-28-41-38(29-32)34-20-9-12-24-39(34)48(41)40-25-13-10-22-36(40)44-43(48)37-23-11-14-26-42(37)52-44/h1-29H. The molecule has 1 atom stereocenters. The lowest BCUT2D eigenvalue weighted by Crippen LogP contribution is -2.25. The number of hydrogen-bond acceptors (Lipinski definition) is 4. The molecule has 2 aliphatic carbocycles. The number of fused-ring (bicyclic) bond motifs is 12. The molecule has 4 nitrogen and oxygen atoms in total. The molecule has 2 aromatic heterocycles. The van der Waals surface area contributed by atoms with Gasteiger partial charge in [-0.15, -0.1) is 0 Å². The van der Waals surface area contributed by atoms with Gasteiger partial charge in [0.05, 0.1) is 5.41 Å². The van der Waals surface area contributed by atoms with Crippen molar-refractivity contribution in [2.24, 2.45) is 0 Å². The number of aromatic nitrogens is 3. The van der Waals surface area contributed by atoms with Crippen molar-refractivity contribution in [2.75, 3.05) is 0 Å². The van der Waals surface area contributed by atoms with Gasteiger partial charge in [0.1, 0.15) is 11.3 Å². The zero-order chi connectivity index (χ0) is 34.2. The molecular formula is C48H29N3O. The van der Waals surface area contributed by atoms with E-state index in [4.69, 9.17) is 19.4 Å². The summed E-state index contributed by atoms with van der Waals surface area (Å²) in [6, 6.07) is 61.8. The Morgan fingerprint density at radius 3 is 1.60 bits per heavy atom. The molecule has 242 valence electrons. The highest BCUT2D eigenvalue weighted by atomic mass is 16.3. The number of para-hydroxylation sites is 1. The molecule has 7 aromatic carbocycles. The number of nitrogens with zero attached hydrogens (tertiary/aromatic N) is 3. The fraction of sp³-hybridized carbons (Fsp3) is 0.0208. The van der Waals surface area contributed by atoms with Gasteiger partial charge in [-0.25, -0.2) is 15.0 Å². The Hall–Kier alpha value is -6.91. The van der Waals surface area contributed by atoms with Crippen LogP contribution in [0.25, 0.3) is 78.7 Å². The van der Waals surface area contributed by atoms with Gasteiger partial charge in [-0.05, 0) is 51.1 Å². The molecule has 0 radical (unpaired) electrons. The maximum Gasteiger partial charge on any atom is 0.164 e. The number of furan rings is 1. The molecule has 0 saturated heterocycles. The van der Waals surface area contributed by atoms with E-state index >= 15 is 0 Å². The fourth-order valence-corrected chi connectivity index (χ4v) is 8.62. The van der Waals surface area contributed by atoms with Crippen molar-refractivity contribution < 1.29 is 4.42 Å². The first-order valence-corrected chi connectivity index (χ1v) is 17.6. The molecule has 0 N–H and O–H groups in total. The van der Waals surface area contributed by atoms with Crippen molar-refractivity contribution in [2.45, 2.75) is 5.41 Å². The Labute approximate surface area is 300 Å². The molecule has 0 bridgehead atoms. The van der Waals surface area contributed by atoms with Crippen molar-refractivity contribution in [3.63, 3.8) is 0 Å². The molecule has 2 aliphatic rings. The summed E-state index contributed by atoms with van der Waals surface area (Å²) in [5.74, 6) is 2.89. The average molecular weight is 664 g/mol. The summed E-state index contributed by atoms with van der Waals surface area (Å²) in [7, 11) is 0. The summed E-state index contributed by atoms with van der Waals surface area (Å²) >= 11 is 0. The van der Waals surface area contributed by atoms with Crippen LogP contribution in [-0.2, 0) is 5.41 Å². The van der Waals surface area contributed by atoms with Crippen molar-refractivity contribution >= 4 is 11.0 Å². The van der Waals surface area contributed by atoms with E-state index in [1.807, 2.05) is 60.7 Å². The van der Waals surface area contributed by atoms with Gasteiger partial charge in [-0.2, -0.15) is 0 Å². The van der Waals surface area contributed by atoms with Gasteiger partial charge < -0.3 is 4.42 Å². The molecular weight excluding hydrogens is 635 g/mol. The predicted molar refractivity (Wildman–Crippen MR) is 208 cm³/mol. The Morgan fingerprint density at radius 1 is 0.365 bits per heavy atom. The first-order valence-electron chi connectivity index (χ1n) is 17.6. The van der Waals surface area contributed by atoms with Gasteiger partial charge in [0.25, 0.3) is 0 Å². The maximum atomic E-state index is 6.68. The van der Waals surface area contributed by atoms with Crippen LogP contribution in [0.4, 0.5) is 0 Å². The topological polar surface area (TPSA) is 51.8 Å². The van der Waals surface area contributed by atoms with Crippen LogP contribution in [0, 0.1) is 0 Å². The second-order valence-corrected chi connectivity index (χ2v) is 13.5. The molecule has 0 saturated carbocycles. The Kier molecular flexibility index (Phi) is 6.13. The van der Waals surface area contributed by atoms with Crippen LogP contribution < -0.4 is 0 Å². The summed E-state index contributed by atoms with van der Waals surface area (Å²) in [6.07, 6.45) is 0. The third-order valence-corrected chi connectivity index (χ3v) is 10.8. The van der Waals surface area contributed by atoms with Gasteiger partial charge in [-0.3, -0.25) is 0 Å². The van der Waals surface area contributed by atoms with Crippen molar-refractivity contribution in [3.05, 3.63) is 198 Å². The zero-order valence-electron chi connectivity index (χ0n) is 28.0. The smallest absolute Gasteiger partial charge is 0.164 e. The molecule has 2 heterocycles. The third kappa shape index (κ3) is 4.00. The van der Waals surface area contributed by atoms with Crippen LogP contribution >= 0.6 is 0 Å². The Bertz CT molecular complexity index is 2800. The summed E-state index contributed by atoms with van der Waals surface area (Å²) in [6.45, 7) is 0. The summed E-state index contributed by atoms with van der Waals surface area (Å²) in [5, 5.41) is 1.16. The van der Waals surface area contributed by atoms with Crippen LogP contribution in [0.5, 0.6) is 0 Å². The molecule has 0 amide bonds. The second-order valence-electron chi connectivity index (χ2n) is 13.5. The lowest BCUT2D eigenvalue weighted by Gasteiger charge is -2.30. The van der Waals surface area contributed by atoms with Gasteiger partial charge in [0, 0.05) is 33.2 Å². The van der Waals surface area contributed by atoms with Crippen LogP contribution in [0.2, 0.25) is 0 Å². The average Bonchev–Trinajstić information content (AvgIpc) is 3.85. The molecule has 1 unspecified atom stereocenters. The van der Waals surface area contributed by atoms with E-state index in [1.54, 1.807) is 0 Å². The normalized spacial score (nSPS) is 15.0. The monoisotopic (exact) mass is 663 g/mol. The minimum absolute atomic E-state index is 0.494. The van der Waals surface area contributed by atoms with Gasteiger partial charge in [-0.1, -0.05) is 164 Å². The first-order chi connectivity index (χ1) is 25.8.